The molecule has 2 amide bonds. The smallest absolute Gasteiger partial charge is 0.359 e. The number of ether oxygens (including phenoxy) is 1. The Morgan fingerprint density at radius 2 is 1.93 bits per heavy atom. The van der Waals surface area contributed by atoms with Crippen LogP contribution in [-0.2, 0) is 21.4 Å². The Bertz CT molecular complexity index is 928. The summed E-state index contributed by atoms with van der Waals surface area (Å²) in [6.07, 6.45) is 0. The number of anilines is 1. The van der Waals surface area contributed by atoms with Gasteiger partial charge in [-0.3, -0.25) is 14.4 Å². The molecule has 2 rings (SSSR count). The van der Waals surface area contributed by atoms with Crippen molar-refractivity contribution in [1.29, 1.82) is 0 Å². The van der Waals surface area contributed by atoms with Gasteiger partial charge in [0.15, 0.2) is 12.3 Å². The lowest BCUT2D eigenvalue weighted by atomic mass is 10.3. The van der Waals surface area contributed by atoms with Gasteiger partial charge in [-0.2, -0.15) is 5.10 Å². The number of benzene rings is 1. The zero-order valence-electron chi connectivity index (χ0n) is 14.6. The topological polar surface area (TPSA) is 111 Å². The Morgan fingerprint density at radius 3 is 2.59 bits per heavy atom. The molecule has 2 aromatic rings. The van der Waals surface area contributed by atoms with Gasteiger partial charge < -0.3 is 15.0 Å². The van der Waals surface area contributed by atoms with E-state index in [9.17, 15) is 19.2 Å². The molecule has 0 saturated carbocycles. The van der Waals surface area contributed by atoms with Gasteiger partial charge in [0.05, 0.1) is 17.3 Å². The van der Waals surface area contributed by atoms with Gasteiger partial charge in [0.25, 0.3) is 11.5 Å². The molecule has 0 unspecified atom stereocenters. The minimum Gasteiger partial charge on any atom is -0.451 e. The van der Waals surface area contributed by atoms with Crippen LogP contribution in [-0.4, -0.2) is 52.7 Å². The van der Waals surface area contributed by atoms with Gasteiger partial charge in [-0.15, -0.1) is 0 Å². The fourth-order valence-corrected chi connectivity index (χ4v) is 2.16. The number of para-hydroxylation sites is 1. The van der Waals surface area contributed by atoms with Crippen molar-refractivity contribution in [1.82, 2.24) is 14.7 Å². The van der Waals surface area contributed by atoms with E-state index in [0.29, 0.717) is 10.7 Å². The number of rotatable bonds is 6. The predicted molar refractivity (Wildman–Crippen MR) is 97.5 cm³/mol. The van der Waals surface area contributed by atoms with E-state index < -0.39 is 24.4 Å². The number of esters is 1. The summed E-state index contributed by atoms with van der Waals surface area (Å²) in [5.41, 5.74) is -0.0619. The quantitative estimate of drug-likeness (QED) is 0.724. The van der Waals surface area contributed by atoms with Crippen LogP contribution in [0.1, 0.15) is 10.5 Å². The van der Waals surface area contributed by atoms with Crippen LogP contribution in [0.15, 0.2) is 41.2 Å². The molecule has 0 spiro atoms. The summed E-state index contributed by atoms with van der Waals surface area (Å²) in [4.78, 5) is 48.2. The minimum absolute atomic E-state index is 0.107. The van der Waals surface area contributed by atoms with Gasteiger partial charge in [-0.05, 0) is 18.2 Å². The number of hydrogen-bond donors (Lipinski definition) is 1. The second-order valence-electron chi connectivity index (χ2n) is 5.53. The van der Waals surface area contributed by atoms with Crippen LogP contribution in [0.5, 0.6) is 0 Å². The monoisotopic (exact) mass is 392 g/mol. The SMILES string of the molecule is CN(CC(=O)Nc1ccccc1Cl)C(=O)COC(=O)c1ccc(=O)n(C)n1. The number of hydrogen-bond acceptors (Lipinski definition) is 6. The average molecular weight is 393 g/mol. The van der Waals surface area contributed by atoms with Gasteiger partial charge in [0.1, 0.15) is 0 Å². The molecular weight excluding hydrogens is 376 g/mol. The zero-order valence-corrected chi connectivity index (χ0v) is 15.4. The molecule has 0 atom stereocenters. The number of carbonyl (C=O) groups is 3. The predicted octanol–water partition coefficient (Wildman–Crippen LogP) is 0.688. The number of nitrogens with zero attached hydrogens (tertiary/aromatic N) is 3. The summed E-state index contributed by atoms with van der Waals surface area (Å²) >= 11 is 5.95. The molecular formula is C17H17ClN4O5. The van der Waals surface area contributed by atoms with E-state index in [0.717, 1.165) is 15.6 Å². The molecule has 1 N–H and O–H groups in total. The Kier molecular flexibility index (Phi) is 6.67. The molecule has 0 aliphatic carbocycles. The Balaban J connectivity index is 1.85. The van der Waals surface area contributed by atoms with E-state index in [1.54, 1.807) is 24.3 Å². The summed E-state index contributed by atoms with van der Waals surface area (Å²) in [5.74, 6) is -1.89. The van der Waals surface area contributed by atoms with Crippen molar-refractivity contribution in [2.24, 2.45) is 7.05 Å². The first-order valence-electron chi connectivity index (χ1n) is 7.77. The van der Waals surface area contributed by atoms with E-state index in [1.165, 1.54) is 20.2 Å². The molecule has 0 saturated heterocycles. The maximum atomic E-state index is 12.0. The zero-order chi connectivity index (χ0) is 20.0. The second-order valence-corrected chi connectivity index (χ2v) is 5.94. The highest BCUT2D eigenvalue weighted by atomic mass is 35.5. The van der Waals surface area contributed by atoms with Crippen molar-refractivity contribution in [3.63, 3.8) is 0 Å². The van der Waals surface area contributed by atoms with Crippen LogP contribution in [0.4, 0.5) is 5.69 Å². The first-order valence-corrected chi connectivity index (χ1v) is 8.15. The Hall–Kier alpha value is -3.20. The van der Waals surface area contributed by atoms with Gasteiger partial charge >= 0.3 is 5.97 Å². The molecule has 9 nitrogen and oxygen atoms in total. The summed E-state index contributed by atoms with van der Waals surface area (Å²) in [6.45, 7) is -0.821. The van der Waals surface area contributed by atoms with Gasteiger partial charge in [-0.25, -0.2) is 9.48 Å². The van der Waals surface area contributed by atoms with Crippen molar-refractivity contribution in [2.75, 3.05) is 25.5 Å². The van der Waals surface area contributed by atoms with Gasteiger partial charge in [0.2, 0.25) is 5.91 Å². The molecule has 1 aromatic carbocycles. The molecule has 142 valence electrons. The molecule has 0 radical (unpaired) electrons. The number of halogens is 1. The fraction of sp³-hybridized carbons (Fsp3) is 0.235. The molecule has 1 aromatic heterocycles. The van der Waals surface area contributed by atoms with Crippen molar-refractivity contribution in [2.45, 2.75) is 0 Å². The third-order valence-corrected chi connectivity index (χ3v) is 3.78. The molecule has 0 aliphatic heterocycles. The lowest BCUT2D eigenvalue weighted by Gasteiger charge is -2.17. The standard InChI is InChI=1S/C17H17ClN4O5/c1-21(9-14(23)19-12-6-4-3-5-11(12)18)16(25)10-27-17(26)13-7-8-15(24)22(2)20-13/h3-8H,9-10H2,1-2H3,(H,19,23). The number of likely N-dealkylation sites (N-methyl/N-ethyl adjacent to an activating group) is 1. The number of nitrogens with one attached hydrogen (secondary N) is 1. The summed E-state index contributed by atoms with van der Waals surface area (Å²) in [5, 5.41) is 6.68. The second kappa shape index (κ2) is 8.95. The Labute approximate surface area is 159 Å². The first kappa shape index (κ1) is 20.1. The summed E-state index contributed by atoms with van der Waals surface area (Å²) in [6, 6.07) is 9.06. The Morgan fingerprint density at radius 1 is 1.22 bits per heavy atom. The normalized spacial score (nSPS) is 10.2. The highest BCUT2D eigenvalue weighted by Gasteiger charge is 2.17. The maximum Gasteiger partial charge on any atom is 0.359 e. The number of aromatic nitrogens is 2. The van der Waals surface area contributed by atoms with E-state index in [-0.39, 0.29) is 17.8 Å². The third-order valence-electron chi connectivity index (χ3n) is 3.45. The van der Waals surface area contributed by atoms with Crippen molar-refractivity contribution < 1.29 is 19.1 Å². The first-order chi connectivity index (χ1) is 12.8. The number of amides is 2. The third kappa shape index (κ3) is 5.65. The average Bonchev–Trinajstić information content (AvgIpc) is 2.63. The van der Waals surface area contributed by atoms with E-state index in [2.05, 4.69) is 10.4 Å². The highest BCUT2D eigenvalue weighted by Crippen LogP contribution is 2.20. The van der Waals surface area contributed by atoms with Gasteiger partial charge in [0, 0.05) is 20.2 Å². The molecule has 1 heterocycles. The maximum absolute atomic E-state index is 12.0. The van der Waals surface area contributed by atoms with Crippen molar-refractivity contribution >= 4 is 35.1 Å². The van der Waals surface area contributed by atoms with Crippen LogP contribution >= 0.6 is 11.6 Å². The number of aryl methyl sites for hydroxylation is 1. The van der Waals surface area contributed by atoms with Crippen LogP contribution < -0.4 is 10.9 Å². The van der Waals surface area contributed by atoms with E-state index in [1.807, 2.05) is 0 Å². The van der Waals surface area contributed by atoms with Crippen LogP contribution in [0.3, 0.4) is 0 Å². The van der Waals surface area contributed by atoms with E-state index in [4.69, 9.17) is 16.3 Å². The van der Waals surface area contributed by atoms with Gasteiger partial charge in [-0.1, -0.05) is 23.7 Å². The van der Waals surface area contributed by atoms with Crippen LogP contribution in [0.25, 0.3) is 0 Å². The molecule has 0 fully saturated rings. The fourth-order valence-electron chi connectivity index (χ4n) is 1.98. The number of carbonyl (C=O) groups excluding carboxylic acids is 3. The lowest BCUT2D eigenvalue weighted by Crippen LogP contribution is -2.37. The van der Waals surface area contributed by atoms with Crippen LogP contribution in [0.2, 0.25) is 5.02 Å². The molecule has 10 heteroatoms. The summed E-state index contributed by atoms with van der Waals surface area (Å²) in [7, 11) is 2.78. The minimum atomic E-state index is -0.854. The molecule has 0 bridgehead atoms. The van der Waals surface area contributed by atoms with Crippen LogP contribution in [0, 0.1) is 0 Å². The van der Waals surface area contributed by atoms with Crippen molar-refractivity contribution in [3.8, 4) is 0 Å². The largest absolute Gasteiger partial charge is 0.451 e. The lowest BCUT2D eigenvalue weighted by molar-refractivity contribution is -0.136. The molecule has 0 aliphatic rings. The highest BCUT2D eigenvalue weighted by molar-refractivity contribution is 6.33. The van der Waals surface area contributed by atoms with E-state index >= 15 is 0 Å². The summed E-state index contributed by atoms with van der Waals surface area (Å²) < 4.78 is 5.84. The molecule has 27 heavy (non-hydrogen) atoms. The van der Waals surface area contributed by atoms with Crippen molar-refractivity contribution in [3.05, 3.63) is 57.5 Å².